The molecular formula is C15H10ClN5O2. The van der Waals surface area contributed by atoms with E-state index < -0.39 is 5.91 Å². The lowest BCUT2D eigenvalue weighted by molar-refractivity contribution is -0.116. The first kappa shape index (κ1) is 14.9. The van der Waals surface area contributed by atoms with Gasteiger partial charge in [0.2, 0.25) is 0 Å². The van der Waals surface area contributed by atoms with Gasteiger partial charge in [0.1, 0.15) is 17.2 Å². The first-order chi connectivity index (χ1) is 11.1. The summed E-state index contributed by atoms with van der Waals surface area (Å²) >= 11 is 6.11. The second-order valence-electron chi connectivity index (χ2n) is 4.45. The molecule has 1 N–H and O–H groups in total. The molecule has 0 radical (unpaired) electrons. The highest BCUT2D eigenvalue weighted by atomic mass is 35.5. The van der Waals surface area contributed by atoms with Crippen LogP contribution in [0.5, 0.6) is 0 Å². The van der Waals surface area contributed by atoms with Crippen LogP contribution < -0.4 is 5.32 Å². The van der Waals surface area contributed by atoms with E-state index in [0.717, 1.165) is 5.56 Å². The molecule has 8 heteroatoms. The Kier molecular flexibility index (Phi) is 4.11. The first-order valence-electron chi connectivity index (χ1n) is 6.51. The van der Waals surface area contributed by atoms with Gasteiger partial charge in [0.05, 0.1) is 11.2 Å². The number of carbonyl (C=O) groups excluding carboxylic acids is 1. The zero-order valence-electron chi connectivity index (χ0n) is 11.7. The number of azo groups is 1. The van der Waals surface area contributed by atoms with E-state index in [0.29, 0.717) is 16.5 Å². The number of nitrogens with zero attached hydrogens (tertiary/aromatic N) is 4. The average molecular weight is 328 g/mol. The summed E-state index contributed by atoms with van der Waals surface area (Å²) in [6, 6.07) is 10.9. The molecule has 2 aromatic rings. The first-order valence-corrected chi connectivity index (χ1v) is 6.89. The Morgan fingerprint density at radius 3 is 2.83 bits per heavy atom. The van der Waals surface area contributed by atoms with Gasteiger partial charge in [-0.05, 0) is 24.3 Å². The highest BCUT2D eigenvalue weighted by Crippen LogP contribution is 2.28. The number of rotatable bonds is 3. The lowest BCUT2D eigenvalue weighted by atomic mass is 10.2. The molecule has 0 aliphatic carbocycles. The second kappa shape index (κ2) is 6.37. The molecular weight excluding hydrogens is 318 g/mol. The van der Waals surface area contributed by atoms with Crippen molar-refractivity contribution >= 4 is 29.7 Å². The quantitative estimate of drug-likeness (QED) is 0.531. The van der Waals surface area contributed by atoms with Crippen molar-refractivity contribution in [2.24, 2.45) is 20.4 Å². The van der Waals surface area contributed by atoms with Crippen LogP contribution in [-0.4, -0.2) is 18.1 Å². The molecule has 0 bridgehead atoms. The van der Waals surface area contributed by atoms with Crippen molar-refractivity contribution in [3.05, 3.63) is 59.5 Å². The molecule has 0 saturated carbocycles. The minimum atomic E-state index is -0.465. The van der Waals surface area contributed by atoms with Crippen LogP contribution in [0.4, 0.5) is 0 Å². The fourth-order valence-corrected chi connectivity index (χ4v) is 1.99. The van der Waals surface area contributed by atoms with E-state index in [1.54, 1.807) is 18.2 Å². The second-order valence-corrected chi connectivity index (χ2v) is 4.86. The van der Waals surface area contributed by atoms with Crippen LogP contribution in [0.15, 0.2) is 73.5 Å². The molecule has 1 amide bonds. The smallest absolute Gasteiger partial charge is 0.277 e. The van der Waals surface area contributed by atoms with Gasteiger partial charge in [-0.25, -0.2) is 0 Å². The summed E-state index contributed by atoms with van der Waals surface area (Å²) in [5.74, 6) is 0.615. The van der Waals surface area contributed by atoms with Gasteiger partial charge in [0.15, 0.2) is 0 Å². The van der Waals surface area contributed by atoms with Gasteiger partial charge in [-0.3, -0.25) is 10.1 Å². The summed E-state index contributed by atoms with van der Waals surface area (Å²) < 4.78 is 5.62. The number of carbonyl (C=O) groups is 1. The van der Waals surface area contributed by atoms with Crippen LogP contribution in [0.1, 0.15) is 5.76 Å². The van der Waals surface area contributed by atoms with Crippen molar-refractivity contribution in [3.8, 4) is 11.3 Å². The fourth-order valence-electron chi connectivity index (χ4n) is 1.77. The van der Waals surface area contributed by atoms with Gasteiger partial charge in [-0.1, -0.05) is 30.3 Å². The summed E-state index contributed by atoms with van der Waals surface area (Å²) in [7, 11) is 0. The molecule has 114 valence electrons. The van der Waals surface area contributed by atoms with E-state index in [4.69, 9.17) is 16.0 Å². The van der Waals surface area contributed by atoms with Gasteiger partial charge in [0.25, 0.3) is 11.9 Å². The summed E-state index contributed by atoms with van der Waals surface area (Å²) in [5, 5.41) is 17.7. The predicted molar refractivity (Wildman–Crippen MR) is 86.3 cm³/mol. The molecule has 3 rings (SSSR count). The maximum Gasteiger partial charge on any atom is 0.277 e. The van der Waals surface area contributed by atoms with Crippen LogP contribution in [0, 0.1) is 0 Å². The van der Waals surface area contributed by atoms with Crippen LogP contribution >= 0.6 is 11.6 Å². The van der Waals surface area contributed by atoms with Crippen LogP contribution in [0.25, 0.3) is 11.3 Å². The van der Waals surface area contributed by atoms with Gasteiger partial charge in [-0.2, -0.15) is 5.10 Å². The molecule has 2 heterocycles. The maximum absolute atomic E-state index is 11.3. The van der Waals surface area contributed by atoms with Crippen molar-refractivity contribution in [1.82, 2.24) is 5.32 Å². The van der Waals surface area contributed by atoms with Gasteiger partial charge in [-0.15, -0.1) is 15.3 Å². The minimum absolute atomic E-state index is 0.0170. The van der Waals surface area contributed by atoms with Crippen molar-refractivity contribution in [2.45, 2.75) is 0 Å². The number of amides is 1. The summed E-state index contributed by atoms with van der Waals surface area (Å²) in [5.41, 5.74) is 0.801. The van der Waals surface area contributed by atoms with Crippen LogP contribution in [0.2, 0.25) is 5.02 Å². The summed E-state index contributed by atoms with van der Waals surface area (Å²) in [6.45, 7) is 3.40. The Morgan fingerprint density at radius 1 is 1.22 bits per heavy atom. The van der Waals surface area contributed by atoms with Crippen molar-refractivity contribution in [3.63, 3.8) is 0 Å². The standard InChI is InChI=1S/C15H10ClN5O2/c1-9-14(22)18-15(21-19-9)20-17-8-10-6-7-13(23-10)11-4-2-3-5-12(11)16/h2-8H,1H2,(H,18,20,22)/b17-8+. The van der Waals surface area contributed by atoms with E-state index in [9.17, 15) is 4.79 Å². The average Bonchev–Trinajstić information content (AvgIpc) is 3.00. The predicted octanol–water partition coefficient (Wildman–Crippen LogP) is 3.39. The highest BCUT2D eigenvalue weighted by Gasteiger charge is 2.14. The molecule has 0 unspecified atom stereocenters. The Bertz CT molecular complexity index is 866. The Labute approximate surface area is 136 Å². The minimum Gasteiger partial charge on any atom is -0.455 e. The number of guanidine groups is 1. The number of benzene rings is 1. The van der Waals surface area contributed by atoms with Crippen molar-refractivity contribution < 1.29 is 9.21 Å². The Balaban J connectivity index is 1.75. The lowest BCUT2D eigenvalue weighted by Gasteiger charge is -2.05. The van der Waals surface area contributed by atoms with E-state index in [1.807, 2.05) is 18.2 Å². The molecule has 7 nitrogen and oxygen atoms in total. The number of halogens is 1. The monoisotopic (exact) mass is 327 g/mol. The third-order valence-electron chi connectivity index (χ3n) is 2.86. The van der Waals surface area contributed by atoms with Crippen LogP contribution in [-0.2, 0) is 4.79 Å². The van der Waals surface area contributed by atoms with E-state index in [-0.39, 0.29) is 11.7 Å². The number of furan rings is 1. The zero-order chi connectivity index (χ0) is 16.2. The Hall–Kier alpha value is -3.06. The van der Waals surface area contributed by atoms with E-state index in [1.165, 1.54) is 6.21 Å². The summed E-state index contributed by atoms with van der Waals surface area (Å²) in [4.78, 5) is 11.3. The van der Waals surface area contributed by atoms with E-state index >= 15 is 0 Å². The molecule has 0 fully saturated rings. The molecule has 0 spiro atoms. The van der Waals surface area contributed by atoms with Crippen molar-refractivity contribution in [1.29, 1.82) is 0 Å². The normalized spacial score (nSPS) is 16.3. The third kappa shape index (κ3) is 3.41. The number of hydrogen-bond donors (Lipinski definition) is 1. The number of hydrogen-bond acceptors (Lipinski definition) is 5. The fraction of sp³-hybridized carbons (Fsp3) is 0. The largest absolute Gasteiger partial charge is 0.455 e. The Morgan fingerprint density at radius 2 is 2.04 bits per heavy atom. The number of nitrogens with one attached hydrogen (secondary N) is 1. The zero-order valence-corrected chi connectivity index (χ0v) is 12.5. The molecule has 23 heavy (non-hydrogen) atoms. The maximum atomic E-state index is 11.3. The molecule has 0 saturated heterocycles. The van der Waals surface area contributed by atoms with Gasteiger partial charge in [0, 0.05) is 5.56 Å². The highest BCUT2D eigenvalue weighted by molar-refractivity contribution is 6.33. The van der Waals surface area contributed by atoms with Crippen molar-refractivity contribution in [2.75, 3.05) is 0 Å². The molecule has 1 aromatic heterocycles. The molecule has 0 atom stereocenters. The van der Waals surface area contributed by atoms with E-state index in [2.05, 4.69) is 32.3 Å². The lowest BCUT2D eigenvalue weighted by Crippen LogP contribution is -2.32. The SMILES string of the molecule is C=C1N=N/C(=N/N=C/c2ccc(-c3ccccc3Cl)o2)NC1=O. The topological polar surface area (TPSA) is 91.7 Å². The van der Waals surface area contributed by atoms with Crippen LogP contribution in [0.3, 0.4) is 0 Å². The van der Waals surface area contributed by atoms with Gasteiger partial charge < -0.3 is 4.42 Å². The molecule has 1 aliphatic heterocycles. The van der Waals surface area contributed by atoms with Gasteiger partial charge >= 0.3 is 0 Å². The third-order valence-corrected chi connectivity index (χ3v) is 3.19. The molecule has 1 aliphatic rings. The molecule has 1 aromatic carbocycles. The summed E-state index contributed by atoms with van der Waals surface area (Å²) in [6.07, 6.45) is 1.39.